The van der Waals surface area contributed by atoms with Gasteiger partial charge in [-0.25, -0.2) is 4.98 Å². The average molecular weight is 280 g/mol. The van der Waals surface area contributed by atoms with Gasteiger partial charge in [-0.05, 0) is 12.8 Å². The van der Waals surface area contributed by atoms with E-state index in [0.29, 0.717) is 19.3 Å². The molecular formula is C14H20N2O2S. The van der Waals surface area contributed by atoms with Gasteiger partial charge in [0, 0.05) is 24.2 Å². The molecule has 0 saturated heterocycles. The van der Waals surface area contributed by atoms with Crippen molar-refractivity contribution in [3.8, 4) is 0 Å². The molecule has 2 N–H and O–H groups in total. The summed E-state index contributed by atoms with van der Waals surface area (Å²) in [6, 6.07) is 0. The van der Waals surface area contributed by atoms with Gasteiger partial charge in [-0.15, -0.1) is 11.3 Å². The van der Waals surface area contributed by atoms with Gasteiger partial charge < -0.3 is 10.2 Å². The molecule has 4 nitrogen and oxygen atoms in total. The fourth-order valence-corrected chi connectivity index (χ4v) is 3.66. The second-order valence-electron chi connectivity index (χ2n) is 5.56. The van der Waals surface area contributed by atoms with Crippen molar-refractivity contribution in [2.24, 2.45) is 0 Å². The van der Waals surface area contributed by atoms with Crippen LogP contribution in [0.5, 0.6) is 0 Å². The minimum atomic E-state index is -0.923. The summed E-state index contributed by atoms with van der Waals surface area (Å²) >= 11 is 1.58. The summed E-state index contributed by atoms with van der Waals surface area (Å²) in [6.45, 7) is 0. The Morgan fingerprint density at radius 2 is 2.05 bits per heavy atom. The van der Waals surface area contributed by atoms with Crippen LogP contribution < -0.4 is 0 Å². The van der Waals surface area contributed by atoms with Gasteiger partial charge in [0.2, 0.25) is 0 Å². The Labute approximate surface area is 116 Å². The summed E-state index contributed by atoms with van der Waals surface area (Å²) in [5.74, 6) is 0. The van der Waals surface area contributed by atoms with E-state index in [1.165, 1.54) is 0 Å². The lowest BCUT2D eigenvalue weighted by Crippen LogP contribution is -2.43. The Morgan fingerprint density at radius 3 is 2.74 bits per heavy atom. The van der Waals surface area contributed by atoms with E-state index in [1.54, 1.807) is 11.3 Å². The Kier molecular flexibility index (Phi) is 3.60. The molecule has 2 heterocycles. The summed E-state index contributed by atoms with van der Waals surface area (Å²) < 4.78 is 1.96. The summed E-state index contributed by atoms with van der Waals surface area (Å²) in [4.78, 5) is 5.41. The van der Waals surface area contributed by atoms with E-state index in [2.05, 4.69) is 4.98 Å². The van der Waals surface area contributed by atoms with Crippen molar-refractivity contribution in [3.05, 3.63) is 23.5 Å². The highest BCUT2D eigenvalue weighted by Crippen LogP contribution is 2.31. The number of aromatic nitrogens is 2. The van der Waals surface area contributed by atoms with Crippen LogP contribution in [-0.2, 0) is 6.42 Å². The van der Waals surface area contributed by atoms with Gasteiger partial charge in [0.1, 0.15) is 0 Å². The third-order valence-electron chi connectivity index (χ3n) is 4.14. The fourth-order valence-electron chi connectivity index (χ4n) is 2.94. The van der Waals surface area contributed by atoms with E-state index in [-0.39, 0.29) is 0 Å². The molecule has 0 radical (unpaired) electrons. The number of thiazole rings is 1. The molecule has 2 aromatic heterocycles. The van der Waals surface area contributed by atoms with Crippen molar-refractivity contribution >= 4 is 16.3 Å². The maximum absolute atomic E-state index is 10.6. The van der Waals surface area contributed by atoms with Crippen molar-refractivity contribution in [2.45, 2.75) is 56.7 Å². The molecule has 5 heteroatoms. The molecule has 1 aliphatic rings. The number of nitrogens with zero attached hydrogens (tertiary/aromatic N) is 2. The van der Waals surface area contributed by atoms with Gasteiger partial charge in [-0.1, -0.05) is 25.7 Å². The van der Waals surface area contributed by atoms with Gasteiger partial charge in [0.05, 0.1) is 17.4 Å². The van der Waals surface area contributed by atoms with Gasteiger partial charge in [-0.2, -0.15) is 0 Å². The number of aliphatic hydroxyl groups is 2. The number of rotatable bonds is 3. The van der Waals surface area contributed by atoms with E-state index in [1.807, 2.05) is 22.2 Å². The summed E-state index contributed by atoms with van der Waals surface area (Å²) in [6.07, 6.45) is 9.37. The number of hydrogen-bond acceptors (Lipinski definition) is 4. The van der Waals surface area contributed by atoms with Gasteiger partial charge >= 0.3 is 0 Å². The van der Waals surface area contributed by atoms with Crippen LogP contribution in [0.1, 0.15) is 44.2 Å². The number of hydrogen-bond donors (Lipinski definition) is 2. The topological polar surface area (TPSA) is 57.8 Å². The lowest BCUT2D eigenvalue weighted by Gasteiger charge is -2.31. The molecule has 1 unspecified atom stereocenters. The molecule has 0 aliphatic heterocycles. The third kappa shape index (κ3) is 2.68. The first kappa shape index (κ1) is 13.1. The largest absolute Gasteiger partial charge is 0.390 e. The summed E-state index contributed by atoms with van der Waals surface area (Å²) in [5, 5.41) is 23.0. The minimum absolute atomic E-state index is 0.435. The van der Waals surface area contributed by atoms with Crippen LogP contribution in [0, 0.1) is 0 Å². The molecule has 0 spiro atoms. The van der Waals surface area contributed by atoms with Gasteiger partial charge in [-0.3, -0.25) is 4.40 Å². The zero-order chi connectivity index (χ0) is 13.3. The SMILES string of the molecule is OC(Cc1cn2ccsc2n1)C1(O)CCCCCC1. The van der Waals surface area contributed by atoms with E-state index in [9.17, 15) is 10.2 Å². The Bertz CT molecular complexity index is 512. The number of fused-ring (bicyclic) bond motifs is 1. The molecule has 0 amide bonds. The molecule has 0 bridgehead atoms. The summed E-state index contributed by atoms with van der Waals surface area (Å²) in [7, 11) is 0. The molecule has 19 heavy (non-hydrogen) atoms. The third-order valence-corrected chi connectivity index (χ3v) is 4.91. The van der Waals surface area contributed by atoms with Crippen molar-refractivity contribution in [1.82, 2.24) is 9.38 Å². The Hall–Kier alpha value is -0.910. The molecule has 2 aromatic rings. The first-order chi connectivity index (χ1) is 9.17. The van der Waals surface area contributed by atoms with Crippen molar-refractivity contribution in [1.29, 1.82) is 0 Å². The molecule has 3 rings (SSSR count). The molecule has 104 valence electrons. The first-order valence-electron chi connectivity index (χ1n) is 6.99. The standard InChI is InChI=1S/C14H20N2O2S/c17-12(14(18)5-3-1-2-4-6-14)9-11-10-16-7-8-19-13(16)15-11/h7-8,10,12,17-18H,1-6,9H2. The lowest BCUT2D eigenvalue weighted by molar-refractivity contribution is -0.0839. The Morgan fingerprint density at radius 1 is 1.32 bits per heavy atom. The molecule has 1 aliphatic carbocycles. The average Bonchev–Trinajstić information content (AvgIpc) is 2.86. The normalized spacial score (nSPS) is 21.4. The highest BCUT2D eigenvalue weighted by Gasteiger charge is 2.36. The van der Waals surface area contributed by atoms with Gasteiger partial charge in [0.15, 0.2) is 4.96 Å². The summed E-state index contributed by atoms with van der Waals surface area (Å²) in [5.41, 5.74) is -0.0647. The van der Waals surface area contributed by atoms with Crippen molar-refractivity contribution in [2.75, 3.05) is 0 Å². The van der Waals surface area contributed by atoms with Crippen LogP contribution in [0.2, 0.25) is 0 Å². The molecule has 1 saturated carbocycles. The van der Waals surface area contributed by atoms with Crippen molar-refractivity contribution in [3.63, 3.8) is 0 Å². The molecular weight excluding hydrogens is 260 g/mol. The van der Waals surface area contributed by atoms with Gasteiger partial charge in [0.25, 0.3) is 0 Å². The van der Waals surface area contributed by atoms with E-state index in [0.717, 1.165) is 36.3 Å². The number of imidazole rings is 1. The number of aliphatic hydroxyl groups excluding tert-OH is 1. The maximum Gasteiger partial charge on any atom is 0.193 e. The predicted octanol–water partition coefficient (Wildman–Crippen LogP) is 2.38. The van der Waals surface area contributed by atoms with Crippen LogP contribution in [0.25, 0.3) is 4.96 Å². The molecule has 1 fully saturated rings. The Balaban J connectivity index is 1.72. The highest BCUT2D eigenvalue weighted by molar-refractivity contribution is 7.15. The minimum Gasteiger partial charge on any atom is -0.390 e. The first-order valence-corrected chi connectivity index (χ1v) is 7.87. The van der Waals surface area contributed by atoms with Crippen LogP contribution in [-0.4, -0.2) is 31.3 Å². The van der Waals surface area contributed by atoms with Crippen molar-refractivity contribution < 1.29 is 10.2 Å². The maximum atomic E-state index is 10.6. The quantitative estimate of drug-likeness (QED) is 0.849. The highest BCUT2D eigenvalue weighted by atomic mass is 32.1. The van der Waals surface area contributed by atoms with Crippen LogP contribution >= 0.6 is 11.3 Å². The second kappa shape index (κ2) is 5.23. The second-order valence-corrected chi connectivity index (χ2v) is 6.44. The van der Waals surface area contributed by atoms with E-state index < -0.39 is 11.7 Å². The van der Waals surface area contributed by atoms with Crippen LogP contribution in [0.4, 0.5) is 0 Å². The van der Waals surface area contributed by atoms with E-state index >= 15 is 0 Å². The molecule has 1 atom stereocenters. The predicted molar refractivity (Wildman–Crippen MR) is 75.4 cm³/mol. The molecule has 0 aromatic carbocycles. The lowest BCUT2D eigenvalue weighted by atomic mass is 9.86. The van der Waals surface area contributed by atoms with E-state index in [4.69, 9.17) is 0 Å². The zero-order valence-electron chi connectivity index (χ0n) is 11.0. The smallest absolute Gasteiger partial charge is 0.193 e. The van der Waals surface area contributed by atoms with Crippen LogP contribution in [0.15, 0.2) is 17.8 Å². The monoisotopic (exact) mass is 280 g/mol. The fraction of sp³-hybridized carbons (Fsp3) is 0.643. The van der Waals surface area contributed by atoms with Crippen LogP contribution in [0.3, 0.4) is 0 Å². The zero-order valence-corrected chi connectivity index (χ0v) is 11.8.